The number of likely N-dealkylation sites (tertiary alicyclic amines) is 2. The Hall–Kier alpha value is -2.89. The van der Waals surface area contributed by atoms with Gasteiger partial charge < -0.3 is 4.74 Å². The number of carbonyl (C=O) groups is 5. The maximum absolute atomic E-state index is 13.0. The minimum absolute atomic E-state index is 0.0177. The van der Waals surface area contributed by atoms with Crippen LogP contribution in [0, 0.1) is 11.8 Å². The summed E-state index contributed by atoms with van der Waals surface area (Å²) < 4.78 is 5.88. The molecule has 1 aliphatic carbocycles. The van der Waals surface area contributed by atoms with E-state index in [4.69, 9.17) is 4.74 Å². The number of hydrogen-bond acceptors (Lipinski definition) is 7. The molecule has 0 N–H and O–H groups in total. The van der Waals surface area contributed by atoms with Crippen LogP contribution in [0.25, 0.3) is 0 Å². The third kappa shape index (κ3) is 3.91. The molecular formula is C21H18IN3O6. The van der Waals surface area contributed by atoms with Crippen LogP contribution in [0.4, 0.5) is 0 Å². The normalized spacial score (nSPS) is 25.6. The first-order chi connectivity index (χ1) is 14.9. The van der Waals surface area contributed by atoms with Gasteiger partial charge in [-0.1, -0.05) is 18.2 Å². The monoisotopic (exact) mass is 535 g/mol. The van der Waals surface area contributed by atoms with Crippen molar-refractivity contribution in [1.29, 1.82) is 0 Å². The van der Waals surface area contributed by atoms with Gasteiger partial charge in [0.15, 0.2) is 0 Å². The summed E-state index contributed by atoms with van der Waals surface area (Å²) in [4.78, 5) is 69.0. The fourth-order valence-corrected chi connectivity index (χ4v) is 4.83. The van der Waals surface area contributed by atoms with Crippen LogP contribution in [0.1, 0.15) is 23.2 Å². The Bertz CT molecular complexity index is 1020. The van der Waals surface area contributed by atoms with E-state index in [-0.39, 0.29) is 26.0 Å². The van der Waals surface area contributed by atoms with E-state index < -0.39 is 47.5 Å². The number of fused-ring (bicyclic) bond motifs is 1. The standard InChI is InChI=1S/C21H18IN3O6/c22-14-3-1-2-13-17(14)20(29)25(18(13)27)15-4-5-16(26)24(19(15)28)10-11-31-21(30)12-6-8-23-9-7-12/h1-3,6-9,13,15,17H,4-5,10-11H2/t13-,15?,17?/m0/s1. The highest BCUT2D eigenvalue weighted by Gasteiger charge is 2.53. The number of imide groups is 2. The molecule has 3 heterocycles. The molecule has 0 bridgehead atoms. The number of piperidine rings is 1. The highest BCUT2D eigenvalue weighted by Crippen LogP contribution is 2.40. The summed E-state index contributed by atoms with van der Waals surface area (Å²) in [5.74, 6) is -3.73. The number of allylic oxidation sites excluding steroid dienone is 2. The first-order valence-electron chi connectivity index (χ1n) is 9.72. The van der Waals surface area contributed by atoms with Gasteiger partial charge in [-0.15, -0.1) is 0 Å². The largest absolute Gasteiger partial charge is 0.460 e. The summed E-state index contributed by atoms with van der Waals surface area (Å²) >= 11 is 2.03. The lowest BCUT2D eigenvalue weighted by Gasteiger charge is -2.34. The number of pyridine rings is 1. The van der Waals surface area contributed by atoms with Gasteiger partial charge in [0, 0.05) is 22.4 Å². The number of halogens is 1. The zero-order chi connectivity index (χ0) is 22.1. The maximum atomic E-state index is 13.0. The van der Waals surface area contributed by atoms with E-state index in [1.807, 2.05) is 22.6 Å². The number of carbonyl (C=O) groups excluding carboxylic acids is 5. The minimum Gasteiger partial charge on any atom is -0.460 e. The van der Waals surface area contributed by atoms with Crippen LogP contribution in [0.2, 0.25) is 0 Å². The topological polar surface area (TPSA) is 114 Å². The summed E-state index contributed by atoms with van der Waals surface area (Å²) in [5, 5.41) is 0. The molecule has 2 unspecified atom stereocenters. The third-order valence-corrected chi connectivity index (χ3v) is 6.55. The van der Waals surface area contributed by atoms with Crippen molar-refractivity contribution in [3.8, 4) is 0 Å². The summed E-state index contributed by atoms with van der Waals surface area (Å²) in [6.45, 7) is -0.340. The van der Waals surface area contributed by atoms with E-state index in [0.29, 0.717) is 5.56 Å². The van der Waals surface area contributed by atoms with E-state index in [1.165, 1.54) is 24.5 Å². The zero-order valence-electron chi connectivity index (χ0n) is 16.3. The van der Waals surface area contributed by atoms with Crippen molar-refractivity contribution in [2.45, 2.75) is 18.9 Å². The van der Waals surface area contributed by atoms with Gasteiger partial charge in [0.2, 0.25) is 17.7 Å². The molecule has 0 saturated carbocycles. The molecule has 2 saturated heterocycles. The Balaban J connectivity index is 1.44. The number of esters is 1. The number of aromatic nitrogens is 1. The van der Waals surface area contributed by atoms with Crippen LogP contribution in [-0.2, 0) is 23.9 Å². The van der Waals surface area contributed by atoms with Crippen molar-refractivity contribution in [2.24, 2.45) is 11.8 Å². The first-order valence-corrected chi connectivity index (χ1v) is 10.8. The molecule has 160 valence electrons. The van der Waals surface area contributed by atoms with E-state index in [1.54, 1.807) is 18.2 Å². The SMILES string of the molecule is O=C(OCCN1C(=O)CCC(N2C(=O)C3C(I)=CC=C[C@@H]3C2=O)C1=O)c1ccncc1. The molecular weight excluding hydrogens is 517 g/mol. The van der Waals surface area contributed by atoms with Crippen molar-refractivity contribution in [1.82, 2.24) is 14.8 Å². The Morgan fingerprint density at radius 2 is 1.87 bits per heavy atom. The second-order valence-electron chi connectivity index (χ2n) is 7.30. The molecule has 10 heteroatoms. The molecule has 2 aliphatic heterocycles. The third-order valence-electron chi connectivity index (χ3n) is 5.52. The average Bonchev–Trinajstić information content (AvgIpc) is 3.02. The molecule has 4 amide bonds. The van der Waals surface area contributed by atoms with Gasteiger partial charge in [-0.2, -0.15) is 0 Å². The predicted molar refractivity (Wildman–Crippen MR) is 114 cm³/mol. The van der Waals surface area contributed by atoms with Crippen molar-refractivity contribution in [2.75, 3.05) is 13.2 Å². The van der Waals surface area contributed by atoms with E-state index in [9.17, 15) is 24.0 Å². The highest BCUT2D eigenvalue weighted by atomic mass is 127. The summed E-state index contributed by atoms with van der Waals surface area (Å²) in [7, 11) is 0. The average molecular weight is 535 g/mol. The first kappa shape index (κ1) is 21.3. The van der Waals surface area contributed by atoms with Crippen molar-refractivity contribution < 1.29 is 28.7 Å². The lowest BCUT2D eigenvalue weighted by atomic mass is 9.91. The van der Waals surface area contributed by atoms with E-state index in [2.05, 4.69) is 4.98 Å². The van der Waals surface area contributed by atoms with Crippen molar-refractivity contribution in [3.05, 3.63) is 51.9 Å². The quantitative estimate of drug-likeness (QED) is 0.317. The van der Waals surface area contributed by atoms with Gasteiger partial charge in [0.25, 0.3) is 5.91 Å². The van der Waals surface area contributed by atoms with Gasteiger partial charge in [0.05, 0.1) is 23.9 Å². The van der Waals surface area contributed by atoms with Crippen LogP contribution in [-0.4, -0.2) is 63.6 Å². The van der Waals surface area contributed by atoms with Crippen LogP contribution in [0.5, 0.6) is 0 Å². The molecule has 0 aromatic carbocycles. The van der Waals surface area contributed by atoms with Gasteiger partial charge in [-0.05, 0) is 41.1 Å². The second-order valence-corrected chi connectivity index (χ2v) is 8.54. The Labute approximate surface area is 191 Å². The van der Waals surface area contributed by atoms with E-state index in [0.717, 1.165) is 13.4 Å². The molecule has 9 nitrogen and oxygen atoms in total. The lowest BCUT2D eigenvalue weighted by molar-refractivity contribution is -0.160. The summed E-state index contributed by atoms with van der Waals surface area (Å²) in [6.07, 6.45) is 8.18. The van der Waals surface area contributed by atoms with Gasteiger partial charge in [-0.3, -0.25) is 34.0 Å². The van der Waals surface area contributed by atoms with Crippen LogP contribution in [0.3, 0.4) is 0 Å². The number of amides is 4. The zero-order valence-corrected chi connectivity index (χ0v) is 18.4. The molecule has 3 aliphatic rings. The Kier molecular flexibility index (Phi) is 5.99. The fourth-order valence-electron chi connectivity index (χ4n) is 3.97. The summed E-state index contributed by atoms with van der Waals surface area (Å²) in [5.41, 5.74) is 0.302. The predicted octanol–water partition coefficient (Wildman–Crippen LogP) is 1.25. The van der Waals surface area contributed by atoms with Crippen LogP contribution in [0.15, 0.2) is 46.3 Å². The molecule has 31 heavy (non-hydrogen) atoms. The second kappa shape index (κ2) is 8.69. The molecule has 0 spiro atoms. The number of hydrogen-bond donors (Lipinski definition) is 0. The van der Waals surface area contributed by atoms with Gasteiger partial charge in [-0.25, -0.2) is 4.79 Å². The Morgan fingerprint density at radius 1 is 1.13 bits per heavy atom. The van der Waals surface area contributed by atoms with Crippen molar-refractivity contribution in [3.63, 3.8) is 0 Å². The van der Waals surface area contributed by atoms with Crippen molar-refractivity contribution >= 4 is 52.2 Å². The molecule has 1 aromatic heterocycles. The van der Waals surface area contributed by atoms with Crippen LogP contribution < -0.4 is 0 Å². The van der Waals surface area contributed by atoms with Gasteiger partial charge in [0.1, 0.15) is 12.6 Å². The number of rotatable bonds is 5. The molecule has 1 aromatic rings. The minimum atomic E-state index is -1.03. The molecule has 2 fully saturated rings. The number of nitrogens with zero attached hydrogens (tertiary/aromatic N) is 3. The fraction of sp³-hybridized carbons (Fsp3) is 0.333. The molecule has 0 radical (unpaired) electrons. The van der Waals surface area contributed by atoms with E-state index >= 15 is 0 Å². The Morgan fingerprint density at radius 3 is 2.58 bits per heavy atom. The molecule has 3 atom stereocenters. The lowest BCUT2D eigenvalue weighted by Crippen LogP contribution is -2.57. The van der Waals surface area contributed by atoms with Gasteiger partial charge >= 0.3 is 5.97 Å². The smallest absolute Gasteiger partial charge is 0.338 e. The number of ether oxygens (including phenoxy) is 1. The van der Waals surface area contributed by atoms with Crippen LogP contribution >= 0.6 is 22.6 Å². The maximum Gasteiger partial charge on any atom is 0.338 e. The molecule has 4 rings (SSSR count). The highest BCUT2D eigenvalue weighted by molar-refractivity contribution is 14.1. The summed E-state index contributed by atoms with van der Waals surface area (Å²) in [6, 6.07) is 1.95.